The van der Waals surface area contributed by atoms with Gasteiger partial charge in [-0.15, -0.1) is 0 Å². The SMILES string of the molecule is CC(C)(C)c1cc(-c2cc(-c3coc4ncccc34)ccn2)cc2ccccc12. The van der Waals surface area contributed by atoms with Crippen molar-refractivity contribution in [1.29, 1.82) is 0 Å². The third-order valence-electron chi connectivity index (χ3n) is 5.39. The van der Waals surface area contributed by atoms with Crippen molar-refractivity contribution in [2.75, 3.05) is 0 Å². The molecule has 29 heavy (non-hydrogen) atoms. The number of pyridine rings is 2. The number of hydrogen-bond acceptors (Lipinski definition) is 3. The molecule has 0 bridgehead atoms. The molecule has 0 N–H and O–H groups in total. The summed E-state index contributed by atoms with van der Waals surface area (Å²) >= 11 is 0. The van der Waals surface area contributed by atoms with Gasteiger partial charge >= 0.3 is 0 Å². The van der Waals surface area contributed by atoms with Gasteiger partial charge in [-0.1, -0.05) is 45.0 Å². The summed E-state index contributed by atoms with van der Waals surface area (Å²) in [4.78, 5) is 8.98. The van der Waals surface area contributed by atoms with Gasteiger partial charge in [-0.05, 0) is 63.7 Å². The highest BCUT2D eigenvalue weighted by atomic mass is 16.3. The number of benzene rings is 2. The summed E-state index contributed by atoms with van der Waals surface area (Å²) in [6.45, 7) is 6.77. The van der Waals surface area contributed by atoms with Crippen molar-refractivity contribution in [3.8, 4) is 22.4 Å². The van der Waals surface area contributed by atoms with E-state index < -0.39 is 0 Å². The molecule has 0 amide bonds. The van der Waals surface area contributed by atoms with Crippen molar-refractivity contribution < 1.29 is 4.42 Å². The Kier molecular flexibility index (Phi) is 3.99. The number of furan rings is 1. The van der Waals surface area contributed by atoms with Crippen LogP contribution in [0.1, 0.15) is 26.3 Å². The van der Waals surface area contributed by atoms with Gasteiger partial charge in [0.15, 0.2) is 0 Å². The first kappa shape index (κ1) is 17.6. The maximum Gasteiger partial charge on any atom is 0.226 e. The molecular weight excluding hydrogens is 356 g/mol. The van der Waals surface area contributed by atoms with Crippen molar-refractivity contribution in [2.45, 2.75) is 26.2 Å². The van der Waals surface area contributed by atoms with E-state index in [-0.39, 0.29) is 5.41 Å². The zero-order valence-electron chi connectivity index (χ0n) is 16.8. The molecular formula is C26H22N2O. The summed E-state index contributed by atoms with van der Waals surface area (Å²) in [6, 6.07) is 21.2. The predicted molar refractivity (Wildman–Crippen MR) is 119 cm³/mol. The number of aromatic nitrogens is 2. The molecule has 0 radical (unpaired) electrons. The molecule has 142 valence electrons. The fraction of sp³-hybridized carbons (Fsp3) is 0.154. The van der Waals surface area contributed by atoms with E-state index >= 15 is 0 Å². The zero-order chi connectivity index (χ0) is 20.0. The summed E-state index contributed by atoms with van der Waals surface area (Å²) in [7, 11) is 0. The molecule has 3 aromatic heterocycles. The van der Waals surface area contributed by atoms with Crippen LogP contribution < -0.4 is 0 Å². The Hall–Kier alpha value is -3.46. The lowest BCUT2D eigenvalue weighted by Crippen LogP contribution is -2.12. The van der Waals surface area contributed by atoms with E-state index in [4.69, 9.17) is 4.42 Å². The van der Waals surface area contributed by atoms with Crippen molar-refractivity contribution in [1.82, 2.24) is 9.97 Å². The first-order chi connectivity index (χ1) is 14.0. The van der Waals surface area contributed by atoms with Gasteiger partial charge in [-0.3, -0.25) is 4.98 Å². The number of rotatable bonds is 2. The molecule has 0 aliphatic carbocycles. The van der Waals surface area contributed by atoms with Gasteiger partial charge < -0.3 is 4.42 Å². The van der Waals surface area contributed by atoms with Crippen LogP contribution in [0.15, 0.2) is 83.7 Å². The van der Waals surface area contributed by atoms with Crippen molar-refractivity contribution in [2.24, 2.45) is 0 Å². The molecule has 3 heteroatoms. The van der Waals surface area contributed by atoms with Gasteiger partial charge in [-0.2, -0.15) is 0 Å². The molecule has 0 unspecified atom stereocenters. The van der Waals surface area contributed by atoms with Gasteiger partial charge in [0.2, 0.25) is 5.71 Å². The molecule has 3 nitrogen and oxygen atoms in total. The lowest BCUT2D eigenvalue weighted by Gasteiger charge is -2.22. The van der Waals surface area contributed by atoms with E-state index in [0.717, 1.165) is 27.8 Å². The summed E-state index contributed by atoms with van der Waals surface area (Å²) in [5.74, 6) is 0. The quantitative estimate of drug-likeness (QED) is 0.332. The van der Waals surface area contributed by atoms with Crippen LogP contribution in [0.2, 0.25) is 0 Å². The van der Waals surface area contributed by atoms with Gasteiger partial charge in [0.05, 0.1) is 5.69 Å². The van der Waals surface area contributed by atoms with Gasteiger partial charge in [-0.25, -0.2) is 4.98 Å². The Bertz CT molecular complexity index is 1340. The van der Waals surface area contributed by atoms with E-state index in [1.165, 1.54) is 16.3 Å². The van der Waals surface area contributed by atoms with E-state index in [9.17, 15) is 0 Å². The molecule has 0 saturated carbocycles. The number of nitrogens with zero attached hydrogens (tertiary/aromatic N) is 2. The second-order valence-corrected chi connectivity index (χ2v) is 8.43. The summed E-state index contributed by atoms with van der Waals surface area (Å²) in [6.07, 6.45) is 5.39. The van der Waals surface area contributed by atoms with Crippen LogP contribution >= 0.6 is 0 Å². The van der Waals surface area contributed by atoms with Crippen molar-refractivity contribution in [3.05, 3.63) is 84.9 Å². The second-order valence-electron chi connectivity index (χ2n) is 8.43. The first-order valence-electron chi connectivity index (χ1n) is 9.83. The Morgan fingerprint density at radius 3 is 2.45 bits per heavy atom. The molecule has 5 rings (SSSR count). The smallest absolute Gasteiger partial charge is 0.226 e. The van der Waals surface area contributed by atoms with Crippen LogP contribution in [0.4, 0.5) is 0 Å². The third kappa shape index (κ3) is 3.09. The molecule has 0 saturated heterocycles. The minimum atomic E-state index is 0.0413. The standard InChI is InChI=1S/C26H22N2O/c1-26(2,3)23-14-19(13-17-7-4-5-8-20(17)23)24-15-18(10-12-27-24)22-16-29-25-21(22)9-6-11-28-25/h4-16H,1-3H3. The van der Waals surface area contributed by atoms with Crippen molar-refractivity contribution in [3.63, 3.8) is 0 Å². The van der Waals surface area contributed by atoms with Crippen LogP contribution in [0, 0.1) is 0 Å². The largest absolute Gasteiger partial charge is 0.445 e. The highest BCUT2D eigenvalue weighted by molar-refractivity contribution is 5.94. The van der Waals surface area contributed by atoms with Crippen LogP contribution in [0.25, 0.3) is 44.3 Å². The second kappa shape index (κ2) is 6.56. The zero-order valence-corrected chi connectivity index (χ0v) is 16.8. The van der Waals surface area contributed by atoms with Gasteiger partial charge in [0.1, 0.15) is 6.26 Å². The Morgan fingerprint density at radius 2 is 1.59 bits per heavy atom. The Balaban J connectivity index is 1.69. The van der Waals surface area contributed by atoms with Crippen LogP contribution in [-0.2, 0) is 5.41 Å². The van der Waals surface area contributed by atoms with Crippen molar-refractivity contribution >= 4 is 21.9 Å². The maximum absolute atomic E-state index is 5.64. The fourth-order valence-corrected chi connectivity index (χ4v) is 3.93. The Labute approximate surface area is 170 Å². The topological polar surface area (TPSA) is 38.9 Å². The lowest BCUT2D eigenvalue weighted by molar-refractivity contribution is 0.596. The highest BCUT2D eigenvalue weighted by Crippen LogP contribution is 2.36. The molecule has 0 aliphatic rings. The molecule has 0 spiro atoms. The van der Waals surface area contributed by atoms with Crippen LogP contribution in [-0.4, -0.2) is 9.97 Å². The molecule has 0 fully saturated rings. The Morgan fingerprint density at radius 1 is 0.759 bits per heavy atom. The summed E-state index contributed by atoms with van der Waals surface area (Å²) < 4.78 is 5.64. The summed E-state index contributed by atoms with van der Waals surface area (Å²) in [5.41, 5.74) is 6.22. The fourth-order valence-electron chi connectivity index (χ4n) is 3.93. The predicted octanol–water partition coefficient (Wildman–Crippen LogP) is 7.01. The minimum absolute atomic E-state index is 0.0413. The number of hydrogen-bond donors (Lipinski definition) is 0. The minimum Gasteiger partial charge on any atom is -0.445 e. The maximum atomic E-state index is 5.64. The number of fused-ring (bicyclic) bond motifs is 2. The monoisotopic (exact) mass is 378 g/mol. The van der Waals surface area contributed by atoms with E-state index in [0.29, 0.717) is 5.71 Å². The third-order valence-corrected chi connectivity index (χ3v) is 5.39. The van der Waals surface area contributed by atoms with Gasteiger partial charge in [0, 0.05) is 28.9 Å². The first-order valence-corrected chi connectivity index (χ1v) is 9.83. The van der Waals surface area contributed by atoms with E-state index in [1.807, 2.05) is 24.4 Å². The van der Waals surface area contributed by atoms with Gasteiger partial charge in [0.25, 0.3) is 0 Å². The normalized spacial score (nSPS) is 12.0. The average molecular weight is 378 g/mol. The molecule has 0 aliphatic heterocycles. The lowest BCUT2D eigenvalue weighted by atomic mass is 9.82. The van der Waals surface area contributed by atoms with E-state index in [2.05, 4.69) is 73.2 Å². The molecule has 3 heterocycles. The molecule has 0 atom stereocenters. The van der Waals surface area contributed by atoms with E-state index in [1.54, 1.807) is 12.5 Å². The van der Waals surface area contributed by atoms with Crippen LogP contribution in [0.5, 0.6) is 0 Å². The highest BCUT2D eigenvalue weighted by Gasteiger charge is 2.19. The average Bonchev–Trinajstić information content (AvgIpc) is 3.16. The summed E-state index contributed by atoms with van der Waals surface area (Å²) in [5, 5.41) is 3.55. The van der Waals surface area contributed by atoms with Crippen LogP contribution in [0.3, 0.4) is 0 Å². The molecule has 2 aromatic carbocycles. The molecule has 5 aromatic rings.